The van der Waals surface area contributed by atoms with E-state index in [1.54, 1.807) is 37.9 Å². The van der Waals surface area contributed by atoms with Gasteiger partial charge in [0.05, 0.1) is 12.8 Å². The van der Waals surface area contributed by atoms with Crippen LogP contribution in [0.2, 0.25) is 0 Å². The number of nitrogens with zero attached hydrogens (tertiary/aromatic N) is 2. The van der Waals surface area contributed by atoms with Gasteiger partial charge in [-0.3, -0.25) is 20.4 Å². The Morgan fingerprint density at radius 2 is 1.85 bits per heavy atom. The van der Waals surface area contributed by atoms with Crippen LogP contribution in [0.15, 0.2) is 41.0 Å². The normalized spacial score (nSPS) is 10.5. The first kappa shape index (κ1) is 19.1. The molecule has 0 saturated carbocycles. The van der Waals surface area contributed by atoms with Gasteiger partial charge in [0.2, 0.25) is 0 Å². The molecule has 27 heavy (non-hydrogen) atoms. The summed E-state index contributed by atoms with van der Waals surface area (Å²) in [5, 5.41) is 0.720. The minimum Gasteiger partial charge on any atom is -0.497 e. The first-order valence-electron chi connectivity index (χ1n) is 7.93. The van der Waals surface area contributed by atoms with E-state index in [2.05, 4.69) is 31.8 Å². The number of aryl methyl sites for hydroxylation is 2. The van der Waals surface area contributed by atoms with Crippen LogP contribution in [0.3, 0.4) is 0 Å². The third-order valence-corrected chi connectivity index (χ3v) is 5.47. The lowest BCUT2D eigenvalue weighted by molar-refractivity contribution is 0.0843. The fourth-order valence-corrected chi connectivity index (χ4v) is 3.94. The van der Waals surface area contributed by atoms with Gasteiger partial charge in [-0.1, -0.05) is 0 Å². The van der Waals surface area contributed by atoms with E-state index in [4.69, 9.17) is 4.74 Å². The van der Waals surface area contributed by atoms with E-state index >= 15 is 0 Å². The number of hydrogen-bond acceptors (Lipinski definition) is 5. The molecule has 0 fully saturated rings. The zero-order valence-corrected chi connectivity index (χ0v) is 17.3. The third-order valence-electron chi connectivity index (χ3n) is 3.83. The average molecular weight is 449 g/mol. The smallest absolute Gasteiger partial charge is 0.286 e. The number of amides is 2. The number of ether oxygens (including phenoxy) is 1. The standard InChI is InChI=1S/C18H17BrN4O3S/c1-10-15(27-18(20-10)11-4-6-13(26-3)7-5-11)17(25)22-21-16(24)14-8-12(19)9-23(14)2/h4-9H,1-3H3,(H,21,24)(H,22,25). The molecule has 3 rings (SSSR count). The summed E-state index contributed by atoms with van der Waals surface area (Å²) in [7, 11) is 3.35. The summed E-state index contributed by atoms with van der Waals surface area (Å²) in [4.78, 5) is 29.5. The highest BCUT2D eigenvalue weighted by molar-refractivity contribution is 9.10. The highest BCUT2D eigenvalue weighted by atomic mass is 79.9. The lowest BCUT2D eigenvalue weighted by Crippen LogP contribution is -2.42. The van der Waals surface area contributed by atoms with E-state index in [1.165, 1.54) is 11.3 Å². The van der Waals surface area contributed by atoms with Gasteiger partial charge in [0, 0.05) is 23.3 Å². The number of halogens is 1. The summed E-state index contributed by atoms with van der Waals surface area (Å²) in [6.07, 6.45) is 1.76. The number of nitrogens with one attached hydrogen (secondary N) is 2. The molecular weight excluding hydrogens is 432 g/mol. The molecular formula is C18H17BrN4O3S. The zero-order chi connectivity index (χ0) is 19.6. The fraction of sp³-hybridized carbons (Fsp3) is 0.167. The second kappa shape index (κ2) is 7.93. The Labute approximate surface area is 168 Å². The number of carbonyl (C=O) groups excluding carboxylic acids is 2. The maximum atomic E-state index is 12.4. The summed E-state index contributed by atoms with van der Waals surface area (Å²) in [5.74, 6) is -0.0690. The van der Waals surface area contributed by atoms with Crippen LogP contribution < -0.4 is 15.6 Å². The number of hydrogen-bond donors (Lipinski definition) is 2. The van der Waals surface area contributed by atoms with E-state index in [0.717, 1.165) is 20.8 Å². The summed E-state index contributed by atoms with van der Waals surface area (Å²) >= 11 is 4.57. The molecule has 0 atom stereocenters. The van der Waals surface area contributed by atoms with Gasteiger partial charge in [0.15, 0.2) is 0 Å². The summed E-state index contributed by atoms with van der Waals surface area (Å²) in [6.45, 7) is 1.76. The number of aromatic nitrogens is 2. The maximum absolute atomic E-state index is 12.4. The molecule has 7 nitrogen and oxygen atoms in total. The Kier molecular flexibility index (Phi) is 5.62. The van der Waals surface area contributed by atoms with Gasteiger partial charge in [-0.25, -0.2) is 4.98 Å². The maximum Gasteiger partial charge on any atom is 0.286 e. The fourth-order valence-electron chi connectivity index (χ4n) is 2.45. The van der Waals surface area contributed by atoms with Crippen LogP contribution in [-0.4, -0.2) is 28.5 Å². The largest absolute Gasteiger partial charge is 0.497 e. The predicted octanol–water partition coefficient (Wildman–Crippen LogP) is 3.30. The first-order valence-corrected chi connectivity index (χ1v) is 9.54. The van der Waals surface area contributed by atoms with Crippen molar-refractivity contribution in [3.05, 3.63) is 57.3 Å². The van der Waals surface area contributed by atoms with Crippen LogP contribution in [0, 0.1) is 6.92 Å². The molecule has 0 spiro atoms. The second-order valence-corrected chi connectivity index (χ2v) is 7.64. The van der Waals surface area contributed by atoms with Gasteiger partial charge in [0.25, 0.3) is 11.8 Å². The minimum atomic E-state index is -0.411. The average Bonchev–Trinajstić information content (AvgIpc) is 3.21. The molecule has 140 valence electrons. The van der Waals surface area contributed by atoms with Crippen LogP contribution >= 0.6 is 27.3 Å². The molecule has 0 radical (unpaired) electrons. The first-order chi connectivity index (χ1) is 12.9. The van der Waals surface area contributed by atoms with Crippen molar-refractivity contribution in [2.24, 2.45) is 7.05 Å². The number of benzene rings is 1. The molecule has 2 amide bonds. The zero-order valence-electron chi connectivity index (χ0n) is 14.9. The Morgan fingerprint density at radius 1 is 1.19 bits per heavy atom. The van der Waals surface area contributed by atoms with Crippen molar-refractivity contribution in [3.8, 4) is 16.3 Å². The highest BCUT2D eigenvalue weighted by Crippen LogP contribution is 2.29. The number of thiazole rings is 1. The van der Waals surface area contributed by atoms with Gasteiger partial charge >= 0.3 is 0 Å². The van der Waals surface area contributed by atoms with Crippen LogP contribution in [0.5, 0.6) is 5.75 Å². The monoisotopic (exact) mass is 448 g/mol. The molecule has 0 aliphatic rings. The molecule has 2 heterocycles. The van der Waals surface area contributed by atoms with Crippen molar-refractivity contribution >= 4 is 39.1 Å². The second-order valence-electron chi connectivity index (χ2n) is 5.72. The Hall–Kier alpha value is -2.65. The SMILES string of the molecule is COc1ccc(-c2nc(C)c(C(=O)NNC(=O)c3cc(Br)cn3C)s2)cc1. The molecule has 9 heteroatoms. The Balaban J connectivity index is 1.70. The summed E-state index contributed by atoms with van der Waals surface area (Å²) < 4.78 is 7.59. The topological polar surface area (TPSA) is 85.2 Å². The van der Waals surface area contributed by atoms with Crippen LogP contribution in [0.4, 0.5) is 0 Å². The quantitative estimate of drug-likeness (QED) is 0.599. The third kappa shape index (κ3) is 4.20. The summed E-state index contributed by atoms with van der Waals surface area (Å²) in [5.41, 5.74) is 6.77. The van der Waals surface area contributed by atoms with E-state index < -0.39 is 11.8 Å². The van der Waals surface area contributed by atoms with E-state index in [-0.39, 0.29) is 0 Å². The lowest BCUT2D eigenvalue weighted by Gasteiger charge is -2.07. The molecule has 3 aromatic rings. The lowest BCUT2D eigenvalue weighted by atomic mass is 10.2. The summed E-state index contributed by atoms with van der Waals surface area (Å²) in [6, 6.07) is 9.11. The molecule has 2 N–H and O–H groups in total. The Bertz CT molecular complexity index is 995. The number of hydrazine groups is 1. The van der Waals surface area contributed by atoms with Crippen molar-refractivity contribution in [2.45, 2.75) is 6.92 Å². The molecule has 1 aromatic carbocycles. The van der Waals surface area contributed by atoms with Crippen molar-refractivity contribution in [1.29, 1.82) is 0 Å². The Morgan fingerprint density at radius 3 is 2.44 bits per heavy atom. The predicted molar refractivity (Wildman–Crippen MR) is 107 cm³/mol. The van der Waals surface area contributed by atoms with Crippen LogP contribution in [0.1, 0.15) is 25.9 Å². The van der Waals surface area contributed by atoms with Crippen molar-refractivity contribution in [2.75, 3.05) is 7.11 Å². The van der Waals surface area contributed by atoms with Gasteiger partial charge in [0.1, 0.15) is 21.3 Å². The van der Waals surface area contributed by atoms with E-state index in [1.807, 2.05) is 24.3 Å². The van der Waals surface area contributed by atoms with Gasteiger partial charge in [-0.2, -0.15) is 0 Å². The molecule has 0 aliphatic carbocycles. The van der Waals surface area contributed by atoms with Gasteiger partial charge in [-0.15, -0.1) is 11.3 Å². The van der Waals surface area contributed by atoms with Gasteiger partial charge in [-0.05, 0) is 53.2 Å². The molecule has 0 bridgehead atoms. The minimum absolute atomic E-state index is 0.408. The molecule has 0 saturated heterocycles. The molecule has 2 aromatic heterocycles. The van der Waals surface area contributed by atoms with Crippen molar-refractivity contribution < 1.29 is 14.3 Å². The van der Waals surface area contributed by atoms with Crippen LogP contribution in [-0.2, 0) is 7.05 Å². The van der Waals surface area contributed by atoms with E-state index in [0.29, 0.717) is 16.3 Å². The van der Waals surface area contributed by atoms with E-state index in [9.17, 15) is 9.59 Å². The van der Waals surface area contributed by atoms with Crippen molar-refractivity contribution in [1.82, 2.24) is 20.4 Å². The highest BCUT2D eigenvalue weighted by Gasteiger charge is 2.18. The van der Waals surface area contributed by atoms with Crippen molar-refractivity contribution in [3.63, 3.8) is 0 Å². The molecule has 0 aliphatic heterocycles. The number of carbonyl (C=O) groups is 2. The molecule has 0 unspecified atom stereocenters. The van der Waals surface area contributed by atoms with Crippen LogP contribution in [0.25, 0.3) is 10.6 Å². The number of rotatable bonds is 4. The van der Waals surface area contributed by atoms with Gasteiger partial charge < -0.3 is 9.30 Å². The number of methoxy groups -OCH3 is 1.